The molecule has 1 saturated heterocycles. The highest BCUT2D eigenvalue weighted by Crippen LogP contribution is 2.41. The third-order valence-corrected chi connectivity index (χ3v) is 3.53. The standard InChI is InChI=1S/C14H13NO6/c1-19-11(16)7-6-9-13(17)21-12-8-4-2-3-5-10(8)20-14(18)15(9)12/h2-5,9,12H,6-7H2,1H3/t9-,12?/m0/s1. The monoisotopic (exact) mass is 291 g/mol. The number of hydrogen-bond acceptors (Lipinski definition) is 6. The Morgan fingerprint density at radius 1 is 1.33 bits per heavy atom. The van der Waals surface area contributed by atoms with Gasteiger partial charge in [0.05, 0.1) is 12.7 Å². The van der Waals surface area contributed by atoms with E-state index in [0.29, 0.717) is 11.3 Å². The number of ether oxygens (including phenoxy) is 3. The van der Waals surface area contributed by atoms with Gasteiger partial charge in [-0.1, -0.05) is 12.1 Å². The van der Waals surface area contributed by atoms with Gasteiger partial charge in [0.15, 0.2) is 0 Å². The van der Waals surface area contributed by atoms with E-state index in [9.17, 15) is 14.4 Å². The van der Waals surface area contributed by atoms with E-state index in [2.05, 4.69) is 4.74 Å². The summed E-state index contributed by atoms with van der Waals surface area (Å²) >= 11 is 0. The van der Waals surface area contributed by atoms with Crippen LogP contribution in [0.3, 0.4) is 0 Å². The van der Waals surface area contributed by atoms with E-state index in [1.807, 2.05) is 0 Å². The minimum atomic E-state index is -0.838. The number of para-hydroxylation sites is 1. The van der Waals surface area contributed by atoms with Crippen LogP contribution in [-0.2, 0) is 19.1 Å². The van der Waals surface area contributed by atoms with Crippen molar-refractivity contribution in [2.75, 3.05) is 7.11 Å². The van der Waals surface area contributed by atoms with Gasteiger partial charge in [-0.2, -0.15) is 0 Å². The molecular weight excluding hydrogens is 278 g/mol. The molecule has 1 aromatic rings. The van der Waals surface area contributed by atoms with Gasteiger partial charge in [-0.3, -0.25) is 9.69 Å². The molecule has 1 unspecified atom stereocenters. The van der Waals surface area contributed by atoms with Crippen LogP contribution in [-0.4, -0.2) is 36.1 Å². The van der Waals surface area contributed by atoms with Gasteiger partial charge in [-0.25, -0.2) is 9.59 Å². The predicted octanol–water partition coefficient (Wildman–Crippen LogP) is 1.38. The summed E-state index contributed by atoms with van der Waals surface area (Å²) in [5, 5.41) is 0. The van der Waals surface area contributed by atoms with Gasteiger partial charge in [0.25, 0.3) is 0 Å². The molecular formula is C14H13NO6. The van der Waals surface area contributed by atoms with Gasteiger partial charge in [0.1, 0.15) is 11.8 Å². The Morgan fingerprint density at radius 3 is 2.86 bits per heavy atom. The van der Waals surface area contributed by atoms with Crippen molar-refractivity contribution in [2.24, 2.45) is 0 Å². The largest absolute Gasteiger partial charge is 0.469 e. The molecule has 0 spiro atoms. The number of benzene rings is 1. The number of nitrogens with zero attached hydrogens (tertiary/aromatic N) is 1. The molecule has 7 heteroatoms. The number of carbonyl (C=O) groups is 3. The van der Waals surface area contributed by atoms with Crippen molar-refractivity contribution in [1.29, 1.82) is 0 Å². The molecule has 0 radical (unpaired) electrons. The fourth-order valence-corrected chi connectivity index (χ4v) is 2.50. The third-order valence-electron chi connectivity index (χ3n) is 3.53. The zero-order chi connectivity index (χ0) is 15.0. The first kappa shape index (κ1) is 13.4. The molecule has 1 aromatic carbocycles. The van der Waals surface area contributed by atoms with Crippen molar-refractivity contribution < 1.29 is 28.6 Å². The molecule has 0 N–H and O–H groups in total. The van der Waals surface area contributed by atoms with Gasteiger partial charge in [0.2, 0.25) is 6.23 Å². The van der Waals surface area contributed by atoms with E-state index in [0.717, 1.165) is 0 Å². The number of amides is 1. The van der Waals surface area contributed by atoms with Crippen molar-refractivity contribution in [2.45, 2.75) is 25.1 Å². The summed E-state index contributed by atoms with van der Waals surface area (Å²) < 4.78 is 15.0. The minimum Gasteiger partial charge on any atom is -0.469 e. The maximum atomic E-state index is 12.1. The summed E-state index contributed by atoms with van der Waals surface area (Å²) in [5.41, 5.74) is 0.617. The van der Waals surface area contributed by atoms with E-state index >= 15 is 0 Å². The summed E-state index contributed by atoms with van der Waals surface area (Å²) in [4.78, 5) is 36.5. The molecule has 2 aliphatic heterocycles. The van der Waals surface area contributed by atoms with Crippen LogP contribution in [0, 0.1) is 0 Å². The Kier molecular flexibility index (Phi) is 3.25. The molecule has 7 nitrogen and oxygen atoms in total. The van der Waals surface area contributed by atoms with Crippen LogP contribution >= 0.6 is 0 Å². The molecule has 1 amide bonds. The van der Waals surface area contributed by atoms with Crippen molar-refractivity contribution in [3.63, 3.8) is 0 Å². The van der Waals surface area contributed by atoms with E-state index in [1.54, 1.807) is 24.3 Å². The number of methoxy groups -OCH3 is 1. The van der Waals surface area contributed by atoms with Crippen LogP contribution in [0.1, 0.15) is 24.6 Å². The zero-order valence-electron chi connectivity index (χ0n) is 11.3. The molecule has 21 heavy (non-hydrogen) atoms. The lowest BCUT2D eigenvalue weighted by molar-refractivity contribution is -0.143. The number of rotatable bonds is 3. The first-order chi connectivity index (χ1) is 10.1. The van der Waals surface area contributed by atoms with Gasteiger partial charge in [0, 0.05) is 6.42 Å². The van der Waals surface area contributed by atoms with Crippen molar-refractivity contribution >= 4 is 18.0 Å². The molecule has 0 aliphatic carbocycles. The Morgan fingerprint density at radius 2 is 2.10 bits per heavy atom. The fourth-order valence-electron chi connectivity index (χ4n) is 2.50. The van der Waals surface area contributed by atoms with Gasteiger partial charge < -0.3 is 14.2 Å². The highest BCUT2D eigenvalue weighted by atomic mass is 16.6. The first-order valence-corrected chi connectivity index (χ1v) is 6.48. The minimum absolute atomic E-state index is 0.0222. The Bertz CT molecular complexity index is 613. The fraction of sp³-hybridized carbons (Fsp3) is 0.357. The molecule has 110 valence electrons. The second-order valence-corrected chi connectivity index (χ2v) is 4.73. The van der Waals surface area contributed by atoms with Gasteiger partial charge >= 0.3 is 18.0 Å². The van der Waals surface area contributed by atoms with Crippen LogP contribution in [0.25, 0.3) is 0 Å². The van der Waals surface area contributed by atoms with Crippen molar-refractivity contribution in [3.05, 3.63) is 29.8 Å². The van der Waals surface area contributed by atoms with Crippen LogP contribution < -0.4 is 4.74 Å². The summed E-state index contributed by atoms with van der Waals surface area (Å²) in [6.07, 6.45) is -1.29. The van der Waals surface area contributed by atoms with Gasteiger partial charge in [-0.15, -0.1) is 0 Å². The maximum absolute atomic E-state index is 12.1. The average molecular weight is 291 g/mol. The summed E-state index contributed by atoms with van der Waals surface area (Å²) in [7, 11) is 1.27. The molecule has 1 fully saturated rings. The van der Waals surface area contributed by atoms with Crippen molar-refractivity contribution in [3.8, 4) is 5.75 Å². The Hall–Kier alpha value is -2.57. The topological polar surface area (TPSA) is 82.1 Å². The molecule has 0 bridgehead atoms. The van der Waals surface area contributed by atoms with Crippen LogP contribution in [0.4, 0.5) is 4.79 Å². The Labute approximate surface area is 120 Å². The van der Waals surface area contributed by atoms with Crippen LogP contribution in [0.15, 0.2) is 24.3 Å². The zero-order valence-corrected chi connectivity index (χ0v) is 11.3. The highest BCUT2D eigenvalue weighted by molar-refractivity contribution is 5.87. The van der Waals surface area contributed by atoms with Crippen molar-refractivity contribution in [1.82, 2.24) is 4.90 Å². The number of carbonyl (C=O) groups excluding carboxylic acids is 3. The number of hydrogen-bond donors (Lipinski definition) is 0. The second kappa shape index (κ2) is 5.08. The van der Waals surface area contributed by atoms with Gasteiger partial charge in [-0.05, 0) is 18.6 Å². The summed E-state index contributed by atoms with van der Waals surface area (Å²) in [5.74, 6) is -0.611. The smallest absolute Gasteiger partial charge is 0.419 e. The lowest BCUT2D eigenvalue weighted by atomic mass is 10.1. The normalized spacial score (nSPS) is 23.0. The lowest BCUT2D eigenvalue weighted by Crippen LogP contribution is -2.44. The molecule has 2 aliphatic rings. The summed E-state index contributed by atoms with van der Waals surface area (Å²) in [6, 6.07) is 6.03. The highest BCUT2D eigenvalue weighted by Gasteiger charge is 2.50. The first-order valence-electron chi connectivity index (χ1n) is 6.48. The number of fused-ring (bicyclic) bond motifs is 3. The predicted molar refractivity (Wildman–Crippen MR) is 68.2 cm³/mol. The SMILES string of the molecule is COC(=O)CC[C@H]1C(=O)OC2c3ccccc3OC(=O)N21. The van der Waals surface area contributed by atoms with Crippen LogP contribution in [0.5, 0.6) is 5.75 Å². The Balaban J connectivity index is 1.86. The summed E-state index contributed by atoms with van der Waals surface area (Å²) in [6.45, 7) is 0. The second-order valence-electron chi connectivity index (χ2n) is 4.73. The van der Waals surface area contributed by atoms with E-state index in [1.165, 1.54) is 12.0 Å². The van der Waals surface area contributed by atoms with E-state index in [-0.39, 0.29) is 12.8 Å². The average Bonchev–Trinajstić information content (AvgIpc) is 2.82. The molecule has 2 heterocycles. The maximum Gasteiger partial charge on any atom is 0.419 e. The van der Waals surface area contributed by atoms with Crippen LogP contribution in [0.2, 0.25) is 0 Å². The van der Waals surface area contributed by atoms with E-state index < -0.39 is 30.3 Å². The molecule has 3 rings (SSSR count). The third kappa shape index (κ3) is 2.20. The molecule has 0 saturated carbocycles. The molecule has 0 aromatic heterocycles. The lowest BCUT2D eigenvalue weighted by Gasteiger charge is -2.30. The van der Waals surface area contributed by atoms with E-state index in [4.69, 9.17) is 9.47 Å². The quantitative estimate of drug-likeness (QED) is 0.782. The number of esters is 2. The molecule has 2 atom stereocenters.